The smallest absolute Gasteiger partial charge is 0.310 e. The molecule has 0 radical (unpaired) electrons. The molecule has 4 rings (SSSR count). The van der Waals surface area contributed by atoms with Gasteiger partial charge in [-0.05, 0) is 75.0 Å². The van der Waals surface area contributed by atoms with Gasteiger partial charge in [-0.25, -0.2) is 0 Å². The third-order valence-corrected chi connectivity index (χ3v) is 6.90. The van der Waals surface area contributed by atoms with Crippen molar-refractivity contribution < 1.29 is 19.1 Å². The molecule has 8 atom stereocenters. The molecule has 0 spiro atoms. The number of fused-ring (bicyclic) bond motifs is 9. The van der Waals surface area contributed by atoms with E-state index in [-0.39, 0.29) is 23.8 Å². The normalized spacial score (nSPS) is 44.7. The Hall–Kier alpha value is -1.32. The van der Waals surface area contributed by atoms with Crippen LogP contribution in [0, 0.1) is 47.3 Å². The van der Waals surface area contributed by atoms with Crippen molar-refractivity contribution in [1.82, 2.24) is 0 Å². The van der Waals surface area contributed by atoms with Gasteiger partial charge in [0.15, 0.2) is 0 Å². The van der Waals surface area contributed by atoms with Crippen LogP contribution < -0.4 is 0 Å². The Morgan fingerprint density at radius 2 is 1.67 bits per heavy atom. The second-order valence-electron chi connectivity index (χ2n) is 9.17. The van der Waals surface area contributed by atoms with Gasteiger partial charge in [-0.3, -0.25) is 9.59 Å². The molecule has 3 fully saturated rings. The number of carbonyl (C=O) groups is 2. The van der Waals surface area contributed by atoms with Crippen LogP contribution in [0.5, 0.6) is 0 Å². The molecule has 132 valence electrons. The summed E-state index contributed by atoms with van der Waals surface area (Å²) in [6.45, 7) is 5.74. The fraction of sp³-hybridized carbons (Fsp3) is 0.800. The molecule has 0 aromatic rings. The average Bonchev–Trinajstić information content (AvgIpc) is 3.22. The van der Waals surface area contributed by atoms with Crippen molar-refractivity contribution >= 4 is 11.9 Å². The minimum Gasteiger partial charge on any atom is -0.469 e. The van der Waals surface area contributed by atoms with E-state index in [1.165, 1.54) is 13.5 Å². The zero-order valence-corrected chi connectivity index (χ0v) is 15.0. The predicted octanol–water partition coefficient (Wildman–Crippen LogP) is 3.21. The van der Waals surface area contributed by atoms with Gasteiger partial charge in [0.2, 0.25) is 0 Å². The summed E-state index contributed by atoms with van der Waals surface area (Å²) in [4.78, 5) is 24.9. The highest BCUT2D eigenvalue weighted by Crippen LogP contribution is 2.69. The van der Waals surface area contributed by atoms with Crippen LogP contribution in [0.4, 0.5) is 0 Å². The standard InChI is InChI=1S/C20H28O4/c1-20(2,3)24-19(22)18-13(9-15(21)23-4)12-8-14(18)17-11-6-5-10(7-11)16(12)17/h5-6,10-14,16-18H,7-9H2,1-4H3. The molecule has 0 heterocycles. The average molecular weight is 332 g/mol. The maximum Gasteiger partial charge on any atom is 0.310 e. The molecule has 4 aliphatic rings. The Morgan fingerprint density at radius 1 is 1.04 bits per heavy atom. The Morgan fingerprint density at radius 3 is 2.25 bits per heavy atom. The Kier molecular flexibility index (Phi) is 3.59. The molecular weight excluding hydrogens is 304 g/mol. The maximum absolute atomic E-state index is 12.9. The van der Waals surface area contributed by atoms with Crippen molar-refractivity contribution in [1.29, 1.82) is 0 Å². The van der Waals surface area contributed by atoms with E-state index in [1.54, 1.807) is 0 Å². The predicted molar refractivity (Wildman–Crippen MR) is 88.8 cm³/mol. The lowest BCUT2D eigenvalue weighted by atomic mass is 9.64. The first kappa shape index (κ1) is 16.2. The first-order valence-corrected chi connectivity index (χ1v) is 9.28. The van der Waals surface area contributed by atoms with Crippen molar-refractivity contribution in [2.45, 2.75) is 45.6 Å². The summed E-state index contributed by atoms with van der Waals surface area (Å²) in [6.07, 6.45) is 7.42. The van der Waals surface area contributed by atoms with E-state index in [4.69, 9.17) is 9.47 Å². The molecule has 0 aromatic carbocycles. The highest BCUT2D eigenvalue weighted by molar-refractivity contribution is 5.77. The Balaban J connectivity index is 1.62. The first-order valence-electron chi connectivity index (χ1n) is 9.28. The summed E-state index contributed by atoms with van der Waals surface area (Å²) in [5.74, 6) is 3.09. The monoisotopic (exact) mass is 332 g/mol. The number of allylic oxidation sites excluding steroid dienone is 2. The van der Waals surface area contributed by atoms with E-state index in [0.29, 0.717) is 41.9 Å². The van der Waals surface area contributed by atoms with Crippen LogP contribution in [0.1, 0.15) is 40.0 Å². The van der Waals surface area contributed by atoms with Crippen molar-refractivity contribution in [3.63, 3.8) is 0 Å². The molecule has 3 saturated carbocycles. The molecule has 8 unspecified atom stereocenters. The second-order valence-corrected chi connectivity index (χ2v) is 9.17. The van der Waals surface area contributed by atoms with Crippen molar-refractivity contribution in [2.75, 3.05) is 7.11 Å². The minimum atomic E-state index is -0.483. The van der Waals surface area contributed by atoms with Gasteiger partial charge in [0.05, 0.1) is 13.0 Å². The van der Waals surface area contributed by atoms with Gasteiger partial charge in [-0.2, -0.15) is 0 Å². The van der Waals surface area contributed by atoms with Crippen molar-refractivity contribution in [3.05, 3.63) is 12.2 Å². The van der Waals surface area contributed by atoms with Crippen LogP contribution in [0.3, 0.4) is 0 Å². The fourth-order valence-electron chi connectivity index (χ4n) is 6.44. The molecular formula is C20H28O4. The van der Waals surface area contributed by atoms with Crippen LogP contribution in [-0.2, 0) is 19.1 Å². The Labute approximate surface area is 144 Å². The quantitative estimate of drug-likeness (QED) is 0.452. The molecule has 0 aliphatic heterocycles. The molecule has 4 nitrogen and oxygen atoms in total. The maximum atomic E-state index is 12.9. The van der Waals surface area contributed by atoms with E-state index < -0.39 is 5.60 Å². The lowest BCUT2D eigenvalue weighted by Crippen LogP contribution is -2.43. The van der Waals surface area contributed by atoms with Crippen LogP contribution in [0.25, 0.3) is 0 Å². The number of methoxy groups -OCH3 is 1. The Bertz CT molecular complexity index is 587. The third-order valence-electron chi connectivity index (χ3n) is 6.90. The van der Waals surface area contributed by atoms with Gasteiger partial charge in [0.1, 0.15) is 5.60 Å². The molecule has 4 bridgehead atoms. The zero-order valence-electron chi connectivity index (χ0n) is 15.0. The molecule has 0 amide bonds. The number of carbonyl (C=O) groups excluding carboxylic acids is 2. The van der Waals surface area contributed by atoms with Crippen LogP contribution >= 0.6 is 0 Å². The zero-order chi connectivity index (χ0) is 17.2. The number of rotatable bonds is 3. The molecule has 0 aromatic heterocycles. The van der Waals surface area contributed by atoms with Crippen molar-refractivity contribution in [2.24, 2.45) is 47.3 Å². The molecule has 0 N–H and O–H groups in total. The topological polar surface area (TPSA) is 52.6 Å². The first-order chi connectivity index (χ1) is 11.3. The second kappa shape index (κ2) is 5.34. The highest BCUT2D eigenvalue weighted by Gasteiger charge is 2.66. The van der Waals surface area contributed by atoms with Gasteiger partial charge < -0.3 is 9.47 Å². The molecule has 24 heavy (non-hydrogen) atoms. The van der Waals surface area contributed by atoms with Gasteiger partial charge in [-0.1, -0.05) is 12.2 Å². The van der Waals surface area contributed by atoms with Crippen LogP contribution in [-0.4, -0.2) is 24.6 Å². The lowest BCUT2D eigenvalue weighted by Gasteiger charge is -2.41. The summed E-state index contributed by atoms with van der Waals surface area (Å²) in [5.41, 5.74) is -0.483. The highest BCUT2D eigenvalue weighted by atomic mass is 16.6. The van der Waals surface area contributed by atoms with E-state index in [0.717, 1.165) is 6.42 Å². The minimum absolute atomic E-state index is 0.0892. The number of hydrogen-bond acceptors (Lipinski definition) is 4. The van der Waals surface area contributed by atoms with Gasteiger partial charge in [0.25, 0.3) is 0 Å². The summed E-state index contributed by atoms with van der Waals surface area (Å²) in [7, 11) is 1.43. The van der Waals surface area contributed by atoms with Gasteiger partial charge in [-0.15, -0.1) is 0 Å². The van der Waals surface area contributed by atoms with E-state index in [2.05, 4.69) is 12.2 Å². The number of hydrogen-bond donors (Lipinski definition) is 0. The van der Waals surface area contributed by atoms with E-state index >= 15 is 0 Å². The van der Waals surface area contributed by atoms with Crippen LogP contribution in [0.2, 0.25) is 0 Å². The largest absolute Gasteiger partial charge is 0.469 e. The molecule has 0 saturated heterocycles. The van der Waals surface area contributed by atoms with Crippen LogP contribution in [0.15, 0.2) is 12.2 Å². The SMILES string of the molecule is COC(=O)CC1C2CC(C1C(=O)OC(C)(C)C)C1C3C=CC(C3)C21. The van der Waals surface area contributed by atoms with Crippen molar-refractivity contribution in [3.8, 4) is 0 Å². The fourth-order valence-corrected chi connectivity index (χ4v) is 6.44. The van der Waals surface area contributed by atoms with Gasteiger partial charge in [0, 0.05) is 6.42 Å². The summed E-state index contributed by atoms with van der Waals surface area (Å²) in [5, 5.41) is 0. The van der Waals surface area contributed by atoms with E-state index in [1.807, 2.05) is 20.8 Å². The molecule has 4 heteroatoms. The molecule has 4 aliphatic carbocycles. The lowest BCUT2D eigenvalue weighted by molar-refractivity contribution is -0.167. The van der Waals surface area contributed by atoms with E-state index in [9.17, 15) is 9.59 Å². The number of esters is 2. The third kappa shape index (κ3) is 2.33. The number of ether oxygens (including phenoxy) is 2. The van der Waals surface area contributed by atoms with Gasteiger partial charge >= 0.3 is 11.9 Å². The summed E-state index contributed by atoms with van der Waals surface area (Å²) in [6, 6.07) is 0. The summed E-state index contributed by atoms with van der Waals surface area (Å²) >= 11 is 0. The summed E-state index contributed by atoms with van der Waals surface area (Å²) < 4.78 is 10.7.